The Morgan fingerprint density at radius 1 is 1.38 bits per heavy atom. The summed E-state index contributed by atoms with van der Waals surface area (Å²) in [5.41, 5.74) is 6.05. The molecule has 24 heavy (non-hydrogen) atoms. The van der Waals surface area contributed by atoms with Gasteiger partial charge in [-0.2, -0.15) is 0 Å². The van der Waals surface area contributed by atoms with Crippen LogP contribution in [0, 0.1) is 0 Å². The summed E-state index contributed by atoms with van der Waals surface area (Å²) in [5, 5.41) is 2.97. The minimum Gasteiger partial charge on any atom is -0.352 e. The van der Waals surface area contributed by atoms with Crippen LogP contribution in [0.2, 0.25) is 0 Å². The summed E-state index contributed by atoms with van der Waals surface area (Å²) in [6, 6.07) is 7.51. The number of carbonyl (C=O) groups is 2. The van der Waals surface area contributed by atoms with E-state index in [1.54, 1.807) is 11.8 Å². The number of halogens is 2. The van der Waals surface area contributed by atoms with Crippen LogP contribution in [0.1, 0.15) is 38.7 Å². The molecule has 1 aromatic carbocycles. The molecule has 7 heteroatoms. The number of amides is 2. The normalized spacial score (nSPS) is 19.8. The zero-order valence-corrected chi connectivity index (χ0v) is 16.5. The number of hydrogen-bond donors (Lipinski definition) is 2. The smallest absolute Gasteiger partial charge is 0.247 e. The van der Waals surface area contributed by atoms with E-state index in [1.165, 1.54) is 0 Å². The van der Waals surface area contributed by atoms with Gasteiger partial charge in [-0.3, -0.25) is 9.59 Å². The average Bonchev–Trinajstić information content (AvgIpc) is 2.54. The van der Waals surface area contributed by atoms with Gasteiger partial charge in [-0.05, 0) is 37.5 Å². The predicted molar refractivity (Wildman–Crippen MR) is 101 cm³/mol. The Hall–Kier alpha value is -1.11. The number of hydrogen-bond acceptors (Lipinski definition) is 3. The van der Waals surface area contributed by atoms with Gasteiger partial charge in [-0.25, -0.2) is 0 Å². The van der Waals surface area contributed by atoms with Gasteiger partial charge in [-0.15, -0.1) is 12.4 Å². The summed E-state index contributed by atoms with van der Waals surface area (Å²) in [6.45, 7) is 4.77. The summed E-state index contributed by atoms with van der Waals surface area (Å²) < 4.78 is 0.949. The second kappa shape index (κ2) is 8.83. The summed E-state index contributed by atoms with van der Waals surface area (Å²) in [4.78, 5) is 26.2. The van der Waals surface area contributed by atoms with Crippen molar-refractivity contribution in [2.45, 2.75) is 44.7 Å². The lowest BCUT2D eigenvalue weighted by Gasteiger charge is -2.38. The third kappa shape index (κ3) is 4.94. The first-order chi connectivity index (χ1) is 10.8. The molecule has 5 nitrogen and oxygen atoms in total. The fourth-order valence-electron chi connectivity index (χ4n) is 2.86. The van der Waals surface area contributed by atoms with Gasteiger partial charge in [0.05, 0.1) is 0 Å². The molecule has 0 spiro atoms. The Kier molecular flexibility index (Phi) is 7.70. The molecule has 1 heterocycles. The van der Waals surface area contributed by atoms with Crippen LogP contribution in [0.3, 0.4) is 0 Å². The maximum absolute atomic E-state index is 12.9. The number of benzene rings is 1. The fraction of sp³-hybridized carbons (Fsp3) is 0.529. The highest BCUT2D eigenvalue weighted by molar-refractivity contribution is 9.10. The van der Waals surface area contributed by atoms with E-state index in [0.717, 1.165) is 22.9 Å². The summed E-state index contributed by atoms with van der Waals surface area (Å²) in [5.74, 6) is -0.0806. The van der Waals surface area contributed by atoms with Crippen molar-refractivity contribution >= 4 is 40.2 Å². The van der Waals surface area contributed by atoms with Crippen LogP contribution in [0.4, 0.5) is 0 Å². The lowest BCUT2D eigenvalue weighted by molar-refractivity contribution is -0.138. The molecule has 2 atom stereocenters. The Morgan fingerprint density at radius 3 is 2.58 bits per heavy atom. The fourth-order valence-corrected chi connectivity index (χ4v) is 3.12. The second-order valence-electron chi connectivity index (χ2n) is 6.22. The molecule has 0 aliphatic carbocycles. The molecule has 134 valence electrons. The Bertz CT molecular complexity index is 578. The first-order valence-electron chi connectivity index (χ1n) is 7.98. The largest absolute Gasteiger partial charge is 0.352 e. The molecule has 1 fully saturated rings. The van der Waals surface area contributed by atoms with Gasteiger partial charge in [-0.1, -0.05) is 35.0 Å². The number of nitrogens with two attached hydrogens (primary N) is 1. The van der Waals surface area contributed by atoms with E-state index in [2.05, 4.69) is 21.2 Å². The van der Waals surface area contributed by atoms with Crippen LogP contribution in [-0.4, -0.2) is 35.8 Å². The molecule has 1 aromatic rings. The second-order valence-corrected chi connectivity index (χ2v) is 7.14. The third-order valence-electron chi connectivity index (χ3n) is 4.28. The number of nitrogens with one attached hydrogen (secondary N) is 1. The maximum atomic E-state index is 12.9. The summed E-state index contributed by atoms with van der Waals surface area (Å²) in [7, 11) is 0. The maximum Gasteiger partial charge on any atom is 0.247 e. The molecular formula is C17H25BrClN3O2. The molecule has 2 unspecified atom stereocenters. The van der Waals surface area contributed by atoms with Gasteiger partial charge in [0, 0.05) is 30.0 Å². The van der Waals surface area contributed by atoms with Gasteiger partial charge >= 0.3 is 0 Å². The molecule has 1 saturated heterocycles. The monoisotopic (exact) mass is 417 g/mol. The molecular weight excluding hydrogens is 394 g/mol. The van der Waals surface area contributed by atoms with Crippen molar-refractivity contribution in [3.63, 3.8) is 0 Å². The molecule has 1 aliphatic heterocycles. The SMILES string of the molecule is CCC(=O)NC1CCCN(C(=O)C(C)(N)c2ccc(Br)cc2)C1.Cl. The third-order valence-corrected chi connectivity index (χ3v) is 4.81. The van der Waals surface area contributed by atoms with Crippen molar-refractivity contribution in [1.82, 2.24) is 10.2 Å². The van der Waals surface area contributed by atoms with Gasteiger partial charge in [0.15, 0.2) is 0 Å². The highest BCUT2D eigenvalue weighted by atomic mass is 79.9. The van der Waals surface area contributed by atoms with Crippen LogP contribution >= 0.6 is 28.3 Å². The number of likely N-dealkylation sites (tertiary alicyclic amines) is 1. The highest BCUT2D eigenvalue weighted by Crippen LogP contribution is 2.24. The Balaban J connectivity index is 0.00000288. The summed E-state index contributed by atoms with van der Waals surface area (Å²) >= 11 is 3.39. The molecule has 1 aliphatic rings. The number of carbonyl (C=O) groups excluding carboxylic acids is 2. The molecule has 0 bridgehead atoms. The van der Waals surface area contributed by atoms with Crippen LogP contribution in [0.5, 0.6) is 0 Å². The van der Waals surface area contributed by atoms with Crippen molar-refractivity contribution < 1.29 is 9.59 Å². The number of piperidine rings is 1. The van der Waals surface area contributed by atoms with E-state index in [9.17, 15) is 9.59 Å². The first kappa shape index (κ1) is 20.9. The van der Waals surface area contributed by atoms with Crippen LogP contribution in [0.25, 0.3) is 0 Å². The van der Waals surface area contributed by atoms with Crippen LogP contribution in [-0.2, 0) is 15.1 Å². The van der Waals surface area contributed by atoms with E-state index >= 15 is 0 Å². The van der Waals surface area contributed by atoms with E-state index < -0.39 is 5.54 Å². The molecule has 0 saturated carbocycles. The average molecular weight is 419 g/mol. The van der Waals surface area contributed by atoms with Crippen LogP contribution < -0.4 is 11.1 Å². The van der Waals surface area contributed by atoms with Crippen LogP contribution in [0.15, 0.2) is 28.7 Å². The Morgan fingerprint density at radius 2 is 2.00 bits per heavy atom. The summed E-state index contributed by atoms with van der Waals surface area (Å²) in [6.07, 6.45) is 2.23. The van der Waals surface area contributed by atoms with Gasteiger partial charge in [0.1, 0.15) is 5.54 Å². The van der Waals surface area contributed by atoms with E-state index in [1.807, 2.05) is 31.2 Å². The number of rotatable bonds is 4. The zero-order valence-electron chi connectivity index (χ0n) is 14.0. The van der Waals surface area contributed by atoms with Crippen molar-refractivity contribution in [2.24, 2.45) is 5.73 Å². The van der Waals surface area contributed by atoms with E-state index in [4.69, 9.17) is 5.73 Å². The molecule has 2 rings (SSSR count). The van der Waals surface area contributed by atoms with Gasteiger partial charge in [0.2, 0.25) is 11.8 Å². The van der Waals surface area contributed by atoms with Crippen molar-refractivity contribution in [2.75, 3.05) is 13.1 Å². The van der Waals surface area contributed by atoms with Crippen molar-refractivity contribution in [3.8, 4) is 0 Å². The highest BCUT2D eigenvalue weighted by Gasteiger charge is 2.36. The minimum atomic E-state index is -1.07. The minimum absolute atomic E-state index is 0. The predicted octanol–water partition coefficient (Wildman–Crippen LogP) is 2.56. The molecule has 0 aromatic heterocycles. The van der Waals surface area contributed by atoms with Gasteiger partial charge < -0.3 is 16.0 Å². The van der Waals surface area contributed by atoms with E-state index in [-0.39, 0.29) is 30.3 Å². The molecule has 0 radical (unpaired) electrons. The number of nitrogens with zero attached hydrogens (tertiary/aromatic N) is 1. The standard InChI is InChI=1S/C17H24BrN3O2.ClH/c1-3-15(22)20-14-5-4-10-21(11-14)16(23)17(2,19)12-6-8-13(18)9-7-12;/h6-9,14H,3-5,10-11,19H2,1-2H3,(H,20,22);1H. The quantitative estimate of drug-likeness (QED) is 0.789. The van der Waals surface area contributed by atoms with E-state index in [0.29, 0.717) is 19.5 Å². The lowest BCUT2D eigenvalue weighted by atomic mass is 9.90. The molecule has 3 N–H and O–H groups in total. The van der Waals surface area contributed by atoms with Gasteiger partial charge in [0.25, 0.3) is 0 Å². The Labute approximate surface area is 157 Å². The van der Waals surface area contributed by atoms with Crippen molar-refractivity contribution in [3.05, 3.63) is 34.3 Å². The molecule has 2 amide bonds. The topological polar surface area (TPSA) is 75.4 Å². The first-order valence-corrected chi connectivity index (χ1v) is 8.77. The zero-order chi connectivity index (χ0) is 17.0. The lowest BCUT2D eigenvalue weighted by Crippen LogP contribution is -2.56. The van der Waals surface area contributed by atoms with Crippen molar-refractivity contribution in [1.29, 1.82) is 0 Å².